The summed E-state index contributed by atoms with van der Waals surface area (Å²) in [6, 6.07) is 5.65. The normalized spacial score (nSPS) is 11.8. The molecule has 5 heteroatoms. The highest BCUT2D eigenvalue weighted by atomic mass is 79.9. The summed E-state index contributed by atoms with van der Waals surface area (Å²) in [5, 5.41) is 14.5. The lowest BCUT2D eigenvalue weighted by molar-refractivity contribution is 0.0945. The highest BCUT2D eigenvalue weighted by Crippen LogP contribution is 2.31. The average Bonchev–Trinajstić information content (AvgIpc) is 2.25. The van der Waals surface area contributed by atoms with Crippen LogP contribution in [0.4, 0.5) is 5.69 Å². The van der Waals surface area contributed by atoms with Crippen LogP contribution in [0.25, 0.3) is 10.9 Å². The van der Waals surface area contributed by atoms with Gasteiger partial charge in [-0.1, -0.05) is 27.5 Å². The summed E-state index contributed by atoms with van der Waals surface area (Å²) in [4.78, 5) is 4.27. The van der Waals surface area contributed by atoms with Gasteiger partial charge in [0.1, 0.15) is 0 Å². The molecule has 0 fully saturated rings. The van der Waals surface area contributed by atoms with Crippen molar-refractivity contribution in [2.24, 2.45) is 0 Å². The molecule has 0 amide bonds. The van der Waals surface area contributed by atoms with E-state index in [1.807, 2.05) is 18.2 Å². The minimum atomic E-state index is -0.772. The summed E-state index contributed by atoms with van der Waals surface area (Å²) in [5.74, 6) is 0. The van der Waals surface area contributed by atoms with E-state index in [2.05, 4.69) is 26.2 Å². The molecule has 18 heavy (non-hydrogen) atoms. The van der Waals surface area contributed by atoms with Crippen molar-refractivity contribution in [1.82, 2.24) is 4.98 Å². The van der Waals surface area contributed by atoms with Crippen molar-refractivity contribution < 1.29 is 5.11 Å². The van der Waals surface area contributed by atoms with Gasteiger partial charge in [0.05, 0.1) is 16.1 Å². The number of benzene rings is 1. The van der Waals surface area contributed by atoms with Gasteiger partial charge in [0.2, 0.25) is 0 Å². The van der Waals surface area contributed by atoms with Crippen molar-refractivity contribution in [3.8, 4) is 0 Å². The number of nitrogens with one attached hydrogen (secondary N) is 1. The first-order chi connectivity index (χ1) is 8.37. The lowest BCUT2D eigenvalue weighted by Crippen LogP contribution is -2.29. The lowest BCUT2D eigenvalue weighted by atomic mass is 10.1. The molecule has 0 radical (unpaired) electrons. The number of aromatic nitrogens is 1. The van der Waals surface area contributed by atoms with E-state index in [0.29, 0.717) is 11.6 Å². The van der Waals surface area contributed by atoms with Crippen LogP contribution in [0, 0.1) is 0 Å². The molecule has 3 nitrogen and oxygen atoms in total. The van der Waals surface area contributed by atoms with E-state index < -0.39 is 5.60 Å². The minimum absolute atomic E-state index is 0.455. The summed E-state index contributed by atoms with van der Waals surface area (Å²) in [6.07, 6.45) is 1.70. The molecule has 2 rings (SSSR count). The zero-order chi connectivity index (χ0) is 13.3. The van der Waals surface area contributed by atoms with Gasteiger partial charge in [-0.2, -0.15) is 0 Å². The third-order valence-electron chi connectivity index (χ3n) is 2.47. The number of aliphatic hydroxyl groups is 1. The van der Waals surface area contributed by atoms with Gasteiger partial charge in [-0.3, -0.25) is 4.98 Å². The molecule has 2 aromatic rings. The van der Waals surface area contributed by atoms with E-state index in [4.69, 9.17) is 11.6 Å². The van der Waals surface area contributed by atoms with Crippen LogP contribution in [-0.4, -0.2) is 22.2 Å². The second-order valence-corrected chi connectivity index (χ2v) is 6.13. The van der Waals surface area contributed by atoms with E-state index in [0.717, 1.165) is 21.1 Å². The van der Waals surface area contributed by atoms with Crippen molar-refractivity contribution in [2.75, 3.05) is 11.9 Å². The van der Waals surface area contributed by atoms with Crippen LogP contribution in [-0.2, 0) is 0 Å². The highest BCUT2D eigenvalue weighted by molar-refractivity contribution is 9.10. The van der Waals surface area contributed by atoms with Crippen LogP contribution in [0.5, 0.6) is 0 Å². The summed E-state index contributed by atoms with van der Waals surface area (Å²) in [7, 11) is 0. The predicted molar refractivity (Wildman–Crippen MR) is 79.2 cm³/mol. The van der Waals surface area contributed by atoms with E-state index in [1.54, 1.807) is 20.0 Å². The first-order valence-electron chi connectivity index (χ1n) is 5.57. The van der Waals surface area contributed by atoms with Gasteiger partial charge < -0.3 is 10.4 Å². The Morgan fingerprint density at radius 1 is 1.44 bits per heavy atom. The Morgan fingerprint density at radius 2 is 2.17 bits per heavy atom. The van der Waals surface area contributed by atoms with Crippen molar-refractivity contribution >= 4 is 44.1 Å². The number of hydrogen-bond acceptors (Lipinski definition) is 3. The third kappa shape index (κ3) is 3.13. The Morgan fingerprint density at radius 3 is 2.83 bits per heavy atom. The summed E-state index contributed by atoms with van der Waals surface area (Å²) in [6.45, 7) is 3.97. The van der Waals surface area contributed by atoms with Crippen molar-refractivity contribution in [3.63, 3.8) is 0 Å². The van der Waals surface area contributed by atoms with Crippen molar-refractivity contribution in [2.45, 2.75) is 19.4 Å². The van der Waals surface area contributed by atoms with Gasteiger partial charge in [0, 0.05) is 28.3 Å². The average molecular weight is 330 g/mol. The molecule has 0 aliphatic rings. The number of fused-ring (bicyclic) bond motifs is 1. The van der Waals surface area contributed by atoms with Gasteiger partial charge in [0.25, 0.3) is 0 Å². The largest absolute Gasteiger partial charge is 0.389 e. The van der Waals surface area contributed by atoms with Gasteiger partial charge >= 0.3 is 0 Å². The van der Waals surface area contributed by atoms with Crippen LogP contribution in [0.1, 0.15) is 13.8 Å². The van der Waals surface area contributed by atoms with Crippen molar-refractivity contribution in [1.29, 1.82) is 0 Å². The molecule has 0 aliphatic heterocycles. The molecular formula is C13H14BrClN2O. The standard InChI is InChI=1S/C13H14BrClN2O/c1-13(2,18)7-17-11-3-4-16-12-9(11)5-8(14)6-10(12)15/h3-6,18H,7H2,1-2H3,(H,16,17). The van der Waals surface area contributed by atoms with E-state index in [1.165, 1.54) is 0 Å². The number of halogens is 2. The molecular weight excluding hydrogens is 316 g/mol. The zero-order valence-electron chi connectivity index (χ0n) is 10.2. The second kappa shape index (κ2) is 5.03. The molecule has 0 saturated heterocycles. The molecule has 0 bridgehead atoms. The third-order valence-corrected chi connectivity index (χ3v) is 3.22. The Bertz CT molecular complexity index is 581. The Hall–Kier alpha value is -0.840. The molecule has 1 aromatic carbocycles. The SMILES string of the molecule is CC(C)(O)CNc1ccnc2c(Cl)cc(Br)cc12. The van der Waals surface area contributed by atoms with Gasteiger partial charge in [0.15, 0.2) is 0 Å². The Balaban J connectivity index is 2.45. The molecule has 1 aromatic heterocycles. The quantitative estimate of drug-likeness (QED) is 0.899. The van der Waals surface area contributed by atoms with E-state index >= 15 is 0 Å². The number of pyridine rings is 1. The number of hydrogen-bond donors (Lipinski definition) is 2. The van der Waals surface area contributed by atoms with Crippen molar-refractivity contribution in [3.05, 3.63) is 33.9 Å². The number of anilines is 1. The maximum atomic E-state index is 9.75. The molecule has 0 atom stereocenters. The van der Waals surface area contributed by atoms with Crippen LogP contribution in [0.2, 0.25) is 5.02 Å². The maximum absolute atomic E-state index is 9.75. The maximum Gasteiger partial charge on any atom is 0.0909 e. The number of nitrogens with zero attached hydrogens (tertiary/aromatic N) is 1. The van der Waals surface area contributed by atoms with E-state index in [9.17, 15) is 5.11 Å². The Labute approximate surface area is 119 Å². The van der Waals surface area contributed by atoms with E-state index in [-0.39, 0.29) is 0 Å². The summed E-state index contributed by atoms with van der Waals surface area (Å²) >= 11 is 9.57. The molecule has 0 unspecified atom stereocenters. The highest BCUT2D eigenvalue weighted by Gasteiger charge is 2.13. The molecule has 96 valence electrons. The molecule has 1 heterocycles. The lowest BCUT2D eigenvalue weighted by Gasteiger charge is -2.19. The first-order valence-corrected chi connectivity index (χ1v) is 6.74. The fraction of sp³-hybridized carbons (Fsp3) is 0.308. The summed E-state index contributed by atoms with van der Waals surface area (Å²) in [5.41, 5.74) is 0.886. The first kappa shape index (κ1) is 13.6. The summed E-state index contributed by atoms with van der Waals surface area (Å²) < 4.78 is 0.902. The monoisotopic (exact) mass is 328 g/mol. The van der Waals surface area contributed by atoms with Gasteiger partial charge in [-0.05, 0) is 32.0 Å². The van der Waals surface area contributed by atoms with Crippen LogP contribution >= 0.6 is 27.5 Å². The zero-order valence-corrected chi connectivity index (χ0v) is 12.5. The second-order valence-electron chi connectivity index (χ2n) is 4.81. The van der Waals surface area contributed by atoms with Crippen LogP contribution in [0.15, 0.2) is 28.9 Å². The molecule has 0 saturated carbocycles. The predicted octanol–water partition coefficient (Wildman–Crippen LogP) is 3.83. The van der Waals surface area contributed by atoms with Crippen LogP contribution in [0.3, 0.4) is 0 Å². The van der Waals surface area contributed by atoms with Gasteiger partial charge in [-0.15, -0.1) is 0 Å². The fourth-order valence-electron chi connectivity index (χ4n) is 1.64. The topological polar surface area (TPSA) is 45.1 Å². The number of rotatable bonds is 3. The van der Waals surface area contributed by atoms with Gasteiger partial charge in [-0.25, -0.2) is 0 Å². The molecule has 0 aliphatic carbocycles. The molecule has 2 N–H and O–H groups in total. The molecule has 0 spiro atoms. The Kier molecular flexibility index (Phi) is 3.80. The smallest absolute Gasteiger partial charge is 0.0909 e. The van der Waals surface area contributed by atoms with Crippen LogP contribution < -0.4 is 5.32 Å². The fourth-order valence-corrected chi connectivity index (χ4v) is 2.50. The minimum Gasteiger partial charge on any atom is -0.389 e.